The van der Waals surface area contributed by atoms with Gasteiger partial charge in [-0.05, 0) is 45.0 Å². The van der Waals surface area contributed by atoms with Crippen molar-refractivity contribution in [3.8, 4) is 11.5 Å². The molecule has 0 amide bonds. The van der Waals surface area contributed by atoms with Crippen LogP contribution >= 0.6 is 12.4 Å². The van der Waals surface area contributed by atoms with Gasteiger partial charge in [0.05, 0.1) is 5.41 Å². The minimum absolute atomic E-state index is 0. The van der Waals surface area contributed by atoms with E-state index in [1.807, 2.05) is 6.07 Å². The molecule has 1 N–H and O–H groups in total. The van der Waals surface area contributed by atoms with Crippen molar-refractivity contribution >= 4 is 24.2 Å². The number of aliphatic hydroxyl groups is 1. The summed E-state index contributed by atoms with van der Waals surface area (Å²) in [5, 5.41) is 11.0. The third kappa shape index (κ3) is 2.01. The van der Waals surface area contributed by atoms with Gasteiger partial charge in [-0.3, -0.25) is 9.59 Å². The summed E-state index contributed by atoms with van der Waals surface area (Å²) in [5.74, 6) is 0.212. The Morgan fingerprint density at radius 3 is 2.71 bits per heavy atom. The SMILES string of the molecule is CC(=O)Oc1ccc2c3c1O[C@@]1(C(C)=O)[C@@H](O)C=C[C@H]4[C@@H](C2)N(C)CC[C@@]341.Cl. The molecule has 1 fully saturated rings. The number of halogens is 1. The molecule has 0 radical (unpaired) electrons. The Kier molecular flexibility index (Phi) is 4.20. The average molecular weight is 406 g/mol. The number of Topliss-reactive ketones (excluding diaryl/α,β-unsaturated/α-hetero) is 1. The van der Waals surface area contributed by atoms with Crippen LogP contribution < -0.4 is 9.47 Å². The van der Waals surface area contributed by atoms with Gasteiger partial charge in [0.2, 0.25) is 5.60 Å². The van der Waals surface area contributed by atoms with E-state index in [0.717, 1.165) is 24.1 Å². The highest BCUT2D eigenvalue weighted by Gasteiger charge is 2.74. The third-order valence-electron chi connectivity index (χ3n) is 7.11. The second kappa shape index (κ2) is 6.05. The van der Waals surface area contributed by atoms with Gasteiger partial charge in [-0.15, -0.1) is 12.4 Å². The summed E-state index contributed by atoms with van der Waals surface area (Å²) >= 11 is 0. The Balaban J connectivity index is 0.00000192. The molecular weight excluding hydrogens is 382 g/mol. The molecule has 1 aromatic carbocycles. The molecule has 5 atom stereocenters. The number of esters is 1. The number of hydrogen-bond acceptors (Lipinski definition) is 6. The zero-order valence-electron chi connectivity index (χ0n) is 16.1. The summed E-state index contributed by atoms with van der Waals surface area (Å²) in [6.45, 7) is 3.65. The second-order valence-corrected chi connectivity index (χ2v) is 8.24. The van der Waals surface area contributed by atoms with Crippen molar-refractivity contribution in [1.29, 1.82) is 0 Å². The number of likely N-dealkylation sites (N-methyl/N-ethyl adjacent to an activating group) is 1. The molecule has 150 valence electrons. The molecule has 4 aliphatic rings. The largest absolute Gasteiger partial charge is 0.471 e. The molecule has 1 spiro atoms. The number of nitrogens with zero attached hydrogens (tertiary/aromatic N) is 1. The molecule has 2 aliphatic carbocycles. The lowest BCUT2D eigenvalue weighted by molar-refractivity contribution is -0.159. The number of carbonyl (C=O) groups excluding carboxylic acids is 2. The molecule has 0 aromatic heterocycles. The minimum Gasteiger partial charge on any atom is -0.471 e. The number of ether oxygens (including phenoxy) is 2. The smallest absolute Gasteiger partial charge is 0.308 e. The van der Waals surface area contributed by atoms with Crippen LogP contribution in [-0.2, 0) is 21.4 Å². The Morgan fingerprint density at radius 2 is 2.04 bits per heavy atom. The number of rotatable bonds is 2. The van der Waals surface area contributed by atoms with E-state index in [4.69, 9.17) is 9.47 Å². The highest BCUT2D eigenvalue weighted by Crippen LogP contribution is 2.66. The van der Waals surface area contributed by atoms with Gasteiger partial charge in [-0.1, -0.05) is 18.2 Å². The maximum atomic E-state index is 13.0. The summed E-state index contributed by atoms with van der Waals surface area (Å²) in [7, 11) is 2.11. The van der Waals surface area contributed by atoms with Gasteiger partial charge in [0.25, 0.3) is 0 Å². The number of piperidine rings is 1. The normalized spacial score (nSPS) is 36.8. The molecule has 1 saturated heterocycles. The van der Waals surface area contributed by atoms with Crippen molar-refractivity contribution in [3.05, 3.63) is 35.4 Å². The highest BCUT2D eigenvalue weighted by atomic mass is 35.5. The molecular formula is C21H24ClNO5. The second-order valence-electron chi connectivity index (χ2n) is 8.24. The Hall–Kier alpha value is -1.89. The van der Waals surface area contributed by atoms with Crippen molar-refractivity contribution in [3.63, 3.8) is 0 Å². The van der Waals surface area contributed by atoms with E-state index in [0.29, 0.717) is 17.9 Å². The molecule has 1 aromatic rings. The van der Waals surface area contributed by atoms with Crippen molar-refractivity contribution in [2.75, 3.05) is 13.6 Å². The van der Waals surface area contributed by atoms with Gasteiger partial charge in [0.1, 0.15) is 6.10 Å². The van der Waals surface area contributed by atoms with Crippen LogP contribution in [-0.4, -0.2) is 53.1 Å². The topological polar surface area (TPSA) is 76.1 Å². The third-order valence-corrected chi connectivity index (χ3v) is 7.11. The molecule has 0 saturated carbocycles. The predicted octanol–water partition coefficient (Wildman–Crippen LogP) is 1.80. The zero-order valence-corrected chi connectivity index (χ0v) is 16.9. The lowest BCUT2D eigenvalue weighted by Gasteiger charge is -2.60. The first kappa shape index (κ1) is 19.4. The van der Waals surface area contributed by atoms with Gasteiger partial charge >= 0.3 is 5.97 Å². The predicted molar refractivity (Wildman–Crippen MR) is 104 cm³/mol. The van der Waals surface area contributed by atoms with E-state index in [-0.39, 0.29) is 30.2 Å². The van der Waals surface area contributed by atoms with Crippen LogP contribution in [0.2, 0.25) is 0 Å². The molecule has 0 unspecified atom stereocenters. The van der Waals surface area contributed by atoms with Gasteiger partial charge in [0, 0.05) is 24.4 Å². The Morgan fingerprint density at radius 1 is 1.29 bits per heavy atom. The molecule has 2 heterocycles. The number of benzene rings is 1. The first-order valence-electron chi connectivity index (χ1n) is 9.44. The molecule has 7 heteroatoms. The number of likely N-dealkylation sites (tertiary alicyclic amines) is 1. The fraction of sp³-hybridized carbons (Fsp3) is 0.524. The van der Waals surface area contributed by atoms with E-state index >= 15 is 0 Å². The summed E-state index contributed by atoms with van der Waals surface area (Å²) in [5.41, 5.74) is 0.0525. The summed E-state index contributed by atoms with van der Waals surface area (Å²) in [4.78, 5) is 27.0. The van der Waals surface area contributed by atoms with Gasteiger partial charge in [0.15, 0.2) is 17.3 Å². The van der Waals surface area contributed by atoms with Crippen LogP contribution in [0.4, 0.5) is 0 Å². The van der Waals surface area contributed by atoms with Crippen LogP contribution in [0, 0.1) is 5.92 Å². The summed E-state index contributed by atoms with van der Waals surface area (Å²) in [6.07, 6.45) is 4.27. The fourth-order valence-corrected chi connectivity index (χ4v) is 6.13. The van der Waals surface area contributed by atoms with E-state index in [2.05, 4.69) is 18.0 Å². The number of carbonyl (C=O) groups is 2. The lowest BCUT2D eigenvalue weighted by Crippen LogP contribution is -2.73. The molecule has 2 bridgehead atoms. The number of ketones is 1. The van der Waals surface area contributed by atoms with Gasteiger partial charge in [-0.25, -0.2) is 0 Å². The van der Waals surface area contributed by atoms with Crippen LogP contribution in [0.25, 0.3) is 0 Å². The maximum absolute atomic E-state index is 13.0. The van der Waals surface area contributed by atoms with Crippen LogP contribution in [0.3, 0.4) is 0 Å². The van der Waals surface area contributed by atoms with Crippen LogP contribution in [0.5, 0.6) is 11.5 Å². The van der Waals surface area contributed by atoms with Crippen molar-refractivity contribution < 1.29 is 24.2 Å². The lowest BCUT2D eigenvalue weighted by atomic mass is 9.48. The van der Waals surface area contributed by atoms with E-state index < -0.39 is 23.1 Å². The summed E-state index contributed by atoms with van der Waals surface area (Å²) < 4.78 is 11.8. The van der Waals surface area contributed by atoms with Crippen LogP contribution in [0.1, 0.15) is 31.4 Å². The highest BCUT2D eigenvalue weighted by molar-refractivity contribution is 5.92. The van der Waals surface area contributed by atoms with Crippen molar-refractivity contribution in [2.45, 2.75) is 49.9 Å². The van der Waals surface area contributed by atoms with E-state index in [1.165, 1.54) is 13.8 Å². The quantitative estimate of drug-likeness (QED) is 0.459. The van der Waals surface area contributed by atoms with Crippen LogP contribution in [0.15, 0.2) is 24.3 Å². The zero-order chi connectivity index (χ0) is 19.1. The molecule has 6 nitrogen and oxygen atoms in total. The van der Waals surface area contributed by atoms with Gasteiger partial charge < -0.3 is 19.5 Å². The maximum Gasteiger partial charge on any atom is 0.308 e. The summed E-state index contributed by atoms with van der Waals surface area (Å²) in [6, 6.07) is 3.96. The van der Waals surface area contributed by atoms with E-state index in [9.17, 15) is 14.7 Å². The first-order valence-corrected chi connectivity index (χ1v) is 9.44. The van der Waals surface area contributed by atoms with Crippen molar-refractivity contribution in [1.82, 2.24) is 4.90 Å². The first-order chi connectivity index (χ1) is 12.8. The fourth-order valence-electron chi connectivity index (χ4n) is 6.13. The minimum atomic E-state index is -1.38. The Labute approximate surface area is 169 Å². The Bertz CT molecular complexity index is 914. The standard InChI is InChI=1S/C21H23NO5.ClH/c1-11(23)21-17(25)7-5-14-15-10-13-4-6-16(26-12(2)24)19(27-21)18(13)20(14,21)8-9-22(15)3;/h4-7,14-15,17,25H,8-10H2,1-3H3;1H/t14-,15+,17-,20-,21-;/m0./s1. The number of hydrogen-bond donors (Lipinski definition) is 1. The average Bonchev–Trinajstić information content (AvgIpc) is 2.93. The van der Waals surface area contributed by atoms with Crippen molar-refractivity contribution in [2.24, 2.45) is 5.92 Å². The molecule has 28 heavy (non-hydrogen) atoms. The van der Waals surface area contributed by atoms with E-state index in [1.54, 1.807) is 12.1 Å². The molecule has 2 aliphatic heterocycles. The van der Waals surface area contributed by atoms with Gasteiger partial charge in [-0.2, -0.15) is 0 Å². The monoisotopic (exact) mass is 405 g/mol. The number of aliphatic hydroxyl groups excluding tert-OH is 1. The molecule has 5 rings (SSSR count).